The van der Waals surface area contributed by atoms with Gasteiger partial charge in [0.1, 0.15) is 6.10 Å². The van der Waals surface area contributed by atoms with Crippen LogP contribution in [0.3, 0.4) is 0 Å². The van der Waals surface area contributed by atoms with Gasteiger partial charge in [-0.15, -0.1) is 0 Å². The monoisotopic (exact) mass is 362 g/mol. The highest BCUT2D eigenvalue weighted by Gasteiger charge is 2.46. The van der Waals surface area contributed by atoms with Crippen molar-refractivity contribution in [3.05, 3.63) is 11.1 Å². The molecule has 1 amide bonds. The highest BCUT2D eigenvalue weighted by Crippen LogP contribution is 2.31. The summed E-state index contributed by atoms with van der Waals surface area (Å²) in [6, 6.07) is 0. The molecule has 5 nitrogen and oxygen atoms in total. The predicted octanol–water partition coefficient (Wildman–Crippen LogP) is 3.00. The van der Waals surface area contributed by atoms with E-state index in [0.717, 1.165) is 30.4 Å². The van der Waals surface area contributed by atoms with Gasteiger partial charge in [-0.2, -0.15) is 13.2 Å². The van der Waals surface area contributed by atoms with Crippen LogP contribution in [0.2, 0.25) is 0 Å². The fraction of sp³-hybridized carbons (Fsp3) is 0.765. The number of hydrogen-bond donors (Lipinski definition) is 2. The molecule has 0 aromatic heterocycles. The SMILES string of the molecule is CCC(C)=C(C(=N)CC1OC(C(F)(F)F)CNC1=O)C1CCOCC1. The van der Waals surface area contributed by atoms with Gasteiger partial charge in [-0.3, -0.25) is 4.79 Å². The minimum absolute atomic E-state index is 0.145. The lowest BCUT2D eigenvalue weighted by molar-refractivity contribution is -0.236. The zero-order chi connectivity index (χ0) is 18.6. The van der Waals surface area contributed by atoms with E-state index in [0.29, 0.717) is 13.2 Å². The van der Waals surface area contributed by atoms with Gasteiger partial charge in [-0.25, -0.2) is 0 Å². The van der Waals surface area contributed by atoms with Gasteiger partial charge >= 0.3 is 6.18 Å². The van der Waals surface area contributed by atoms with Gasteiger partial charge in [-0.05, 0) is 37.7 Å². The van der Waals surface area contributed by atoms with Crippen molar-refractivity contribution < 1.29 is 27.4 Å². The molecular weight excluding hydrogens is 337 g/mol. The molecule has 2 aliphatic rings. The van der Waals surface area contributed by atoms with Crippen molar-refractivity contribution in [3.8, 4) is 0 Å². The van der Waals surface area contributed by atoms with E-state index in [2.05, 4.69) is 5.32 Å². The summed E-state index contributed by atoms with van der Waals surface area (Å²) in [5.41, 5.74) is 2.06. The van der Waals surface area contributed by atoms with E-state index in [1.807, 2.05) is 13.8 Å². The summed E-state index contributed by atoms with van der Waals surface area (Å²) in [6.45, 7) is 4.54. The lowest BCUT2D eigenvalue weighted by atomic mass is 9.83. The maximum Gasteiger partial charge on any atom is 0.416 e. The van der Waals surface area contributed by atoms with Crippen molar-refractivity contribution in [1.82, 2.24) is 5.32 Å². The summed E-state index contributed by atoms with van der Waals surface area (Å²) < 4.78 is 48.9. The Morgan fingerprint density at radius 2 is 1.96 bits per heavy atom. The van der Waals surface area contributed by atoms with Gasteiger partial charge < -0.3 is 20.2 Å². The van der Waals surface area contributed by atoms with E-state index in [1.54, 1.807) is 0 Å². The number of carbonyl (C=O) groups excluding carboxylic acids is 1. The number of hydrogen-bond acceptors (Lipinski definition) is 4. The molecule has 0 radical (unpaired) electrons. The average Bonchev–Trinajstić information content (AvgIpc) is 2.56. The molecule has 0 bridgehead atoms. The zero-order valence-electron chi connectivity index (χ0n) is 14.5. The number of morpholine rings is 1. The molecule has 2 aliphatic heterocycles. The smallest absolute Gasteiger partial charge is 0.381 e. The minimum atomic E-state index is -4.53. The molecule has 2 unspecified atom stereocenters. The van der Waals surface area contributed by atoms with Crippen LogP contribution in [-0.4, -0.2) is 49.8 Å². The number of halogens is 3. The van der Waals surface area contributed by atoms with Crippen molar-refractivity contribution in [1.29, 1.82) is 5.41 Å². The van der Waals surface area contributed by atoms with Crippen LogP contribution in [-0.2, 0) is 14.3 Å². The molecule has 0 aliphatic carbocycles. The Labute approximate surface area is 145 Å². The molecule has 2 atom stereocenters. The van der Waals surface area contributed by atoms with Gasteiger partial charge in [-0.1, -0.05) is 12.5 Å². The number of alkyl halides is 3. The van der Waals surface area contributed by atoms with Crippen molar-refractivity contribution in [2.45, 2.75) is 57.9 Å². The fourth-order valence-corrected chi connectivity index (χ4v) is 3.27. The topological polar surface area (TPSA) is 71.4 Å². The molecular formula is C17H25F3N2O3. The largest absolute Gasteiger partial charge is 0.416 e. The van der Waals surface area contributed by atoms with Crippen LogP contribution in [0.5, 0.6) is 0 Å². The lowest BCUT2D eigenvalue weighted by Crippen LogP contribution is -2.54. The molecule has 2 fully saturated rings. The molecule has 0 saturated carbocycles. The van der Waals surface area contributed by atoms with Crippen molar-refractivity contribution >= 4 is 11.6 Å². The first kappa shape index (κ1) is 19.9. The van der Waals surface area contributed by atoms with E-state index >= 15 is 0 Å². The summed E-state index contributed by atoms with van der Waals surface area (Å²) in [7, 11) is 0. The van der Waals surface area contributed by atoms with Crippen molar-refractivity contribution in [3.63, 3.8) is 0 Å². The first-order valence-electron chi connectivity index (χ1n) is 8.59. The molecule has 2 rings (SSSR count). The van der Waals surface area contributed by atoms with Crippen LogP contribution in [0.15, 0.2) is 11.1 Å². The van der Waals surface area contributed by atoms with Crippen LogP contribution in [0, 0.1) is 11.3 Å². The van der Waals surface area contributed by atoms with E-state index in [9.17, 15) is 18.0 Å². The second-order valence-corrected chi connectivity index (χ2v) is 6.52. The Hall–Kier alpha value is -1.41. The van der Waals surface area contributed by atoms with Crippen LogP contribution >= 0.6 is 0 Å². The zero-order valence-corrected chi connectivity index (χ0v) is 14.5. The Kier molecular flexibility index (Phi) is 6.62. The standard InChI is InChI=1S/C17H25F3N2O3/c1-3-10(2)15(11-4-6-24-7-5-11)12(21)8-13-16(23)22-9-14(25-13)17(18,19)20/h11,13-14,21H,3-9H2,1-2H3,(H,22,23). The normalized spacial score (nSPS) is 26.8. The van der Waals surface area contributed by atoms with Gasteiger partial charge in [0, 0.05) is 25.3 Å². The fourth-order valence-electron chi connectivity index (χ4n) is 3.27. The van der Waals surface area contributed by atoms with E-state index in [-0.39, 0.29) is 18.1 Å². The molecule has 2 heterocycles. The van der Waals surface area contributed by atoms with E-state index < -0.39 is 30.8 Å². The number of amides is 1. The van der Waals surface area contributed by atoms with Crippen molar-refractivity contribution in [2.24, 2.45) is 5.92 Å². The van der Waals surface area contributed by atoms with E-state index in [4.69, 9.17) is 14.9 Å². The number of carbonyl (C=O) groups is 1. The maximum absolute atomic E-state index is 12.9. The molecule has 142 valence electrons. The highest BCUT2D eigenvalue weighted by molar-refractivity contribution is 6.01. The maximum atomic E-state index is 12.9. The minimum Gasteiger partial charge on any atom is -0.381 e. The third-order valence-electron chi connectivity index (χ3n) is 4.78. The second-order valence-electron chi connectivity index (χ2n) is 6.52. The Balaban J connectivity index is 2.12. The van der Waals surface area contributed by atoms with Crippen LogP contribution < -0.4 is 5.32 Å². The molecule has 0 aromatic rings. The number of ether oxygens (including phenoxy) is 2. The number of allylic oxidation sites excluding steroid dienone is 2. The van der Waals surface area contributed by atoms with Crippen LogP contribution in [0.25, 0.3) is 0 Å². The molecule has 0 aromatic carbocycles. The number of rotatable bonds is 5. The second kappa shape index (κ2) is 8.31. The summed E-state index contributed by atoms with van der Waals surface area (Å²) in [4.78, 5) is 11.9. The van der Waals surface area contributed by atoms with E-state index in [1.165, 1.54) is 0 Å². The predicted molar refractivity (Wildman–Crippen MR) is 86.6 cm³/mol. The average molecular weight is 362 g/mol. The molecule has 2 saturated heterocycles. The summed E-state index contributed by atoms with van der Waals surface area (Å²) in [5.74, 6) is -0.447. The first-order valence-corrected chi connectivity index (χ1v) is 8.59. The summed E-state index contributed by atoms with van der Waals surface area (Å²) >= 11 is 0. The Morgan fingerprint density at radius 3 is 2.52 bits per heavy atom. The first-order chi connectivity index (χ1) is 11.7. The van der Waals surface area contributed by atoms with Crippen LogP contribution in [0.4, 0.5) is 13.2 Å². The molecule has 25 heavy (non-hydrogen) atoms. The quantitative estimate of drug-likeness (QED) is 0.739. The third kappa shape index (κ3) is 5.04. The van der Waals surface area contributed by atoms with Crippen molar-refractivity contribution in [2.75, 3.05) is 19.8 Å². The summed E-state index contributed by atoms with van der Waals surface area (Å²) in [6.07, 6.45) is -5.69. The van der Waals surface area contributed by atoms with Crippen LogP contribution in [0.1, 0.15) is 39.5 Å². The van der Waals surface area contributed by atoms with Gasteiger partial charge in [0.2, 0.25) is 5.91 Å². The van der Waals surface area contributed by atoms with Gasteiger partial charge in [0.15, 0.2) is 6.10 Å². The third-order valence-corrected chi connectivity index (χ3v) is 4.78. The Morgan fingerprint density at radius 1 is 1.32 bits per heavy atom. The molecule has 8 heteroatoms. The molecule has 0 spiro atoms. The van der Waals surface area contributed by atoms with Gasteiger partial charge in [0.25, 0.3) is 0 Å². The highest BCUT2D eigenvalue weighted by atomic mass is 19.4. The Bertz CT molecular complexity index is 540. The van der Waals surface area contributed by atoms with Gasteiger partial charge in [0.05, 0.1) is 6.54 Å². The molecule has 2 N–H and O–H groups in total. The number of nitrogens with one attached hydrogen (secondary N) is 2. The summed E-state index contributed by atoms with van der Waals surface area (Å²) in [5, 5.41) is 10.7. The lowest BCUT2D eigenvalue weighted by Gasteiger charge is -2.33.